The van der Waals surface area contributed by atoms with E-state index in [0.29, 0.717) is 11.2 Å². The Balaban J connectivity index is 2.53. The summed E-state index contributed by atoms with van der Waals surface area (Å²) >= 11 is 1.89. The molecule has 0 aromatic heterocycles. The molecule has 1 aliphatic rings. The molecule has 2 heteroatoms. The molecule has 2 unspecified atom stereocenters. The first-order chi connectivity index (χ1) is 5.24. The predicted molar refractivity (Wildman–Crippen MR) is 52.6 cm³/mol. The minimum absolute atomic E-state index is 0.458. The van der Waals surface area contributed by atoms with E-state index < -0.39 is 0 Å². The lowest BCUT2D eigenvalue weighted by Gasteiger charge is -2.21. The highest BCUT2D eigenvalue weighted by atomic mass is 32.2. The molecule has 62 valence electrons. The molecule has 0 heterocycles. The molecule has 0 saturated heterocycles. The van der Waals surface area contributed by atoms with E-state index in [1.165, 1.54) is 0 Å². The first kappa shape index (κ1) is 8.85. The van der Waals surface area contributed by atoms with Crippen molar-refractivity contribution >= 4 is 17.5 Å². The zero-order chi connectivity index (χ0) is 8.27. The van der Waals surface area contributed by atoms with E-state index >= 15 is 0 Å². The molecule has 0 fully saturated rings. The van der Waals surface area contributed by atoms with Crippen LogP contribution in [0.1, 0.15) is 20.3 Å². The van der Waals surface area contributed by atoms with Crippen LogP contribution in [-0.4, -0.2) is 16.7 Å². The SMILES string of the molecule is CCSC1CC(C)C=CC1=N. The Morgan fingerprint density at radius 2 is 2.45 bits per heavy atom. The van der Waals surface area contributed by atoms with Gasteiger partial charge in [0.25, 0.3) is 0 Å². The molecule has 1 N–H and O–H groups in total. The van der Waals surface area contributed by atoms with Gasteiger partial charge >= 0.3 is 0 Å². The van der Waals surface area contributed by atoms with Gasteiger partial charge in [0.2, 0.25) is 0 Å². The third kappa shape index (κ3) is 2.37. The summed E-state index contributed by atoms with van der Waals surface area (Å²) in [5.74, 6) is 1.78. The number of thioether (sulfide) groups is 1. The summed E-state index contributed by atoms with van der Waals surface area (Å²) < 4.78 is 0. The molecule has 1 aliphatic carbocycles. The van der Waals surface area contributed by atoms with Crippen LogP contribution in [0, 0.1) is 11.3 Å². The van der Waals surface area contributed by atoms with Crippen LogP contribution in [0.25, 0.3) is 0 Å². The van der Waals surface area contributed by atoms with E-state index in [4.69, 9.17) is 5.41 Å². The third-order valence-corrected chi connectivity index (χ3v) is 3.09. The summed E-state index contributed by atoms with van der Waals surface area (Å²) in [6.07, 6.45) is 5.24. The second-order valence-electron chi connectivity index (χ2n) is 2.97. The zero-order valence-corrected chi connectivity index (χ0v) is 7.95. The zero-order valence-electron chi connectivity index (χ0n) is 7.13. The molecule has 0 amide bonds. The van der Waals surface area contributed by atoms with Crippen LogP contribution >= 0.6 is 11.8 Å². The highest BCUT2D eigenvalue weighted by molar-refractivity contribution is 8.00. The van der Waals surface area contributed by atoms with E-state index in [-0.39, 0.29) is 0 Å². The molecule has 0 saturated carbocycles. The second kappa shape index (κ2) is 3.96. The average Bonchev–Trinajstić information content (AvgIpc) is 1.98. The fourth-order valence-electron chi connectivity index (χ4n) is 1.28. The quantitative estimate of drug-likeness (QED) is 0.675. The third-order valence-electron chi connectivity index (χ3n) is 1.90. The van der Waals surface area contributed by atoms with E-state index in [9.17, 15) is 0 Å². The number of allylic oxidation sites excluding steroid dienone is 2. The van der Waals surface area contributed by atoms with Crippen molar-refractivity contribution in [1.29, 1.82) is 5.41 Å². The van der Waals surface area contributed by atoms with Gasteiger partial charge < -0.3 is 5.41 Å². The molecular weight excluding hydrogens is 154 g/mol. The molecule has 11 heavy (non-hydrogen) atoms. The molecule has 1 rings (SSSR count). The van der Waals surface area contributed by atoms with Crippen molar-refractivity contribution in [3.05, 3.63) is 12.2 Å². The van der Waals surface area contributed by atoms with Crippen molar-refractivity contribution in [2.45, 2.75) is 25.5 Å². The van der Waals surface area contributed by atoms with Crippen molar-refractivity contribution in [2.24, 2.45) is 5.92 Å². The Morgan fingerprint density at radius 1 is 1.73 bits per heavy atom. The Kier molecular flexibility index (Phi) is 3.18. The van der Waals surface area contributed by atoms with Crippen LogP contribution in [0.15, 0.2) is 12.2 Å². The van der Waals surface area contributed by atoms with Crippen LogP contribution in [0.3, 0.4) is 0 Å². The van der Waals surface area contributed by atoms with E-state index in [0.717, 1.165) is 17.9 Å². The highest BCUT2D eigenvalue weighted by Crippen LogP contribution is 2.25. The average molecular weight is 169 g/mol. The monoisotopic (exact) mass is 169 g/mol. The molecule has 0 aromatic carbocycles. The van der Waals surface area contributed by atoms with Crippen LogP contribution < -0.4 is 0 Å². The van der Waals surface area contributed by atoms with Gasteiger partial charge in [0.15, 0.2) is 0 Å². The number of hydrogen-bond acceptors (Lipinski definition) is 2. The van der Waals surface area contributed by atoms with Gasteiger partial charge in [-0.05, 0) is 24.2 Å². The van der Waals surface area contributed by atoms with Crippen molar-refractivity contribution in [2.75, 3.05) is 5.75 Å². The first-order valence-corrected chi connectivity index (χ1v) is 5.17. The van der Waals surface area contributed by atoms with Crippen molar-refractivity contribution in [3.8, 4) is 0 Å². The lowest BCUT2D eigenvalue weighted by molar-refractivity contribution is 0.666. The Morgan fingerprint density at radius 3 is 3.09 bits per heavy atom. The van der Waals surface area contributed by atoms with Gasteiger partial charge in [0.1, 0.15) is 0 Å². The standard InChI is InChI=1S/C9H15NS/c1-3-11-9-6-7(2)4-5-8(9)10/h4-5,7,9-10H,3,6H2,1-2H3. The van der Waals surface area contributed by atoms with E-state index in [2.05, 4.69) is 19.9 Å². The maximum Gasteiger partial charge on any atom is 0.0468 e. The van der Waals surface area contributed by atoms with Gasteiger partial charge in [-0.2, -0.15) is 11.8 Å². The van der Waals surface area contributed by atoms with Gasteiger partial charge in [0.05, 0.1) is 0 Å². The van der Waals surface area contributed by atoms with Gasteiger partial charge in [0, 0.05) is 11.0 Å². The smallest absolute Gasteiger partial charge is 0.0468 e. The lowest BCUT2D eigenvalue weighted by Crippen LogP contribution is -2.21. The maximum atomic E-state index is 7.63. The fraction of sp³-hybridized carbons (Fsp3) is 0.667. The molecule has 0 aromatic rings. The Hall–Kier alpha value is -0.240. The molecule has 0 bridgehead atoms. The van der Waals surface area contributed by atoms with Gasteiger partial charge in [-0.25, -0.2) is 0 Å². The van der Waals surface area contributed by atoms with Gasteiger partial charge in [-0.1, -0.05) is 19.9 Å². The summed E-state index contributed by atoms with van der Waals surface area (Å²) in [6.45, 7) is 4.37. The fourth-order valence-corrected chi connectivity index (χ4v) is 2.38. The van der Waals surface area contributed by atoms with Crippen LogP contribution in [-0.2, 0) is 0 Å². The van der Waals surface area contributed by atoms with E-state index in [1.807, 2.05) is 17.8 Å². The minimum Gasteiger partial charge on any atom is -0.304 e. The molecule has 0 spiro atoms. The van der Waals surface area contributed by atoms with Crippen molar-refractivity contribution in [1.82, 2.24) is 0 Å². The summed E-state index contributed by atoms with van der Waals surface area (Å²) in [6, 6.07) is 0. The summed E-state index contributed by atoms with van der Waals surface area (Å²) in [5, 5.41) is 8.09. The van der Waals surface area contributed by atoms with Crippen molar-refractivity contribution < 1.29 is 0 Å². The molecule has 2 atom stereocenters. The number of nitrogens with one attached hydrogen (secondary N) is 1. The number of rotatable bonds is 2. The van der Waals surface area contributed by atoms with Crippen molar-refractivity contribution in [3.63, 3.8) is 0 Å². The first-order valence-electron chi connectivity index (χ1n) is 4.12. The highest BCUT2D eigenvalue weighted by Gasteiger charge is 2.18. The molecule has 0 radical (unpaired) electrons. The van der Waals surface area contributed by atoms with Crippen LogP contribution in [0.5, 0.6) is 0 Å². The summed E-state index contributed by atoms with van der Waals surface area (Å²) in [7, 11) is 0. The van der Waals surface area contributed by atoms with Gasteiger partial charge in [-0.3, -0.25) is 0 Å². The van der Waals surface area contributed by atoms with Gasteiger partial charge in [-0.15, -0.1) is 0 Å². The number of hydrogen-bond donors (Lipinski definition) is 1. The maximum absolute atomic E-state index is 7.63. The summed E-state index contributed by atoms with van der Waals surface area (Å²) in [4.78, 5) is 0. The molecule has 0 aliphatic heterocycles. The minimum atomic E-state index is 0.458. The second-order valence-corrected chi connectivity index (χ2v) is 4.45. The lowest BCUT2D eigenvalue weighted by atomic mass is 9.96. The summed E-state index contributed by atoms with van der Waals surface area (Å²) in [5.41, 5.74) is 0.801. The Bertz CT molecular complexity index is 174. The molecular formula is C9H15NS. The van der Waals surface area contributed by atoms with Crippen LogP contribution in [0.2, 0.25) is 0 Å². The largest absolute Gasteiger partial charge is 0.304 e. The van der Waals surface area contributed by atoms with E-state index in [1.54, 1.807) is 0 Å². The Labute approximate surface area is 72.8 Å². The predicted octanol–water partition coefficient (Wildman–Crippen LogP) is 2.72. The molecule has 1 nitrogen and oxygen atoms in total. The van der Waals surface area contributed by atoms with Crippen LogP contribution in [0.4, 0.5) is 0 Å². The topological polar surface area (TPSA) is 23.9 Å². The normalized spacial score (nSPS) is 30.9.